The minimum atomic E-state index is -1.05. The van der Waals surface area contributed by atoms with Crippen LogP contribution >= 0.6 is 11.3 Å². The number of amides is 1. The summed E-state index contributed by atoms with van der Waals surface area (Å²) in [5.41, 5.74) is 1.56. The van der Waals surface area contributed by atoms with Gasteiger partial charge in [0.2, 0.25) is 5.91 Å². The van der Waals surface area contributed by atoms with Crippen LogP contribution in [0, 0.1) is 5.82 Å². The molecule has 0 fully saturated rings. The van der Waals surface area contributed by atoms with Gasteiger partial charge in [-0.3, -0.25) is 9.59 Å². The van der Waals surface area contributed by atoms with Gasteiger partial charge in [-0.1, -0.05) is 12.1 Å². The van der Waals surface area contributed by atoms with Crippen LogP contribution in [0.3, 0.4) is 0 Å². The van der Waals surface area contributed by atoms with E-state index in [-0.39, 0.29) is 12.5 Å². The molecular weight excluding hydrogens is 305 g/mol. The van der Waals surface area contributed by atoms with Crippen molar-refractivity contribution in [2.45, 2.75) is 18.8 Å². The first-order chi connectivity index (χ1) is 10.6. The summed E-state index contributed by atoms with van der Waals surface area (Å²) in [6.07, 6.45) is 0.941. The average molecular weight is 321 g/mol. The summed E-state index contributed by atoms with van der Waals surface area (Å²) in [5.74, 6) is -2.55. The van der Waals surface area contributed by atoms with E-state index >= 15 is 0 Å². The maximum Gasteiger partial charge on any atom is 0.312 e. The number of rotatable bonds is 7. The van der Waals surface area contributed by atoms with Gasteiger partial charge in [0.25, 0.3) is 0 Å². The molecule has 2 N–H and O–H groups in total. The number of carboxylic acid groups (broad SMARTS) is 1. The van der Waals surface area contributed by atoms with E-state index in [1.54, 1.807) is 11.3 Å². The number of aryl methyl sites for hydroxylation is 1. The minimum Gasteiger partial charge on any atom is -0.481 e. The van der Waals surface area contributed by atoms with Gasteiger partial charge in [0.1, 0.15) is 5.82 Å². The zero-order valence-corrected chi connectivity index (χ0v) is 12.6. The Morgan fingerprint density at radius 2 is 1.95 bits per heavy atom. The predicted molar refractivity (Wildman–Crippen MR) is 82.4 cm³/mol. The number of aliphatic carboxylic acids is 1. The second-order valence-corrected chi connectivity index (χ2v) is 5.66. The van der Waals surface area contributed by atoms with Crippen LogP contribution in [0.5, 0.6) is 0 Å². The van der Waals surface area contributed by atoms with Gasteiger partial charge in [-0.25, -0.2) is 4.39 Å². The van der Waals surface area contributed by atoms with Crippen LogP contribution in [0.2, 0.25) is 0 Å². The molecule has 0 aliphatic heterocycles. The van der Waals surface area contributed by atoms with Crippen molar-refractivity contribution in [2.24, 2.45) is 0 Å². The Bertz CT molecular complexity index is 625. The highest BCUT2D eigenvalue weighted by atomic mass is 32.1. The van der Waals surface area contributed by atoms with Crippen LogP contribution in [0.15, 0.2) is 41.1 Å². The number of thiophene rings is 1. The second-order valence-electron chi connectivity index (χ2n) is 4.88. The molecule has 1 atom stereocenters. The molecule has 2 aromatic rings. The van der Waals surface area contributed by atoms with Crippen molar-refractivity contribution in [1.82, 2.24) is 5.32 Å². The molecule has 0 spiro atoms. The highest BCUT2D eigenvalue weighted by Gasteiger charge is 2.20. The van der Waals surface area contributed by atoms with Crippen molar-refractivity contribution in [2.75, 3.05) is 6.54 Å². The first-order valence-electron chi connectivity index (χ1n) is 6.82. The molecule has 116 valence electrons. The van der Waals surface area contributed by atoms with E-state index in [1.807, 2.05) is 16.8 Å². The average Bonchev–Trinajstić information content (AvgIpc) is 3.00. The van der Waals surface area contributed by atoms with Crippen molar-refractivity contribution >= 4 is 23.2 Å². The molecule has 22 heavy (non-hydrogen) atoms. The third kappa shape index (κ3) is 4.66. The van der Waals surface area contributed by atoms with Gasteiger partial charge in [-0.15, -0.1) is 0 Å². The highest BCUT2D eigenvalue weighted by molar-refractivity contribution is 7.07. The lowest BCUT2D eigenvalue weighted by atomic mass is 9.99. The summed E-state index contributed by atoms with van der Waals surface area (Å²) in [7, 11) is 0. The van der Waals surface area contributed by atoms with Crippen LogP contribution in [0.25, 0.3) is 0 Å². The molecule has 0 radical (unpaired) electrons. The van der Waals surface area contributed by atoms with Gasteiger partial charge in [0.05, 0.1) is 5.92 Å². The number of hydrogen-bond acceptors (Lipinski definition) is 3. The molecule has 0 aliphatic rings. The van der Waals surface area contributed by atoms with Crippen molar-refractivity contribution in [3.05, 3.63) is 58.0 Å². The van der Waals surface area contributed by atoms with Crippen molar-refractivity contribution in [3.63, 3.8) is 0 Å². The Morgan fingerprint density at radius 3 is 2.55 bits per heavy atom. The Balaban J connectivity index is 1.87. The summed E-state index contributed by atoms with van der Waals surface area (Å²) >= 11 is 1.57. The lowest BCUT2D eigenvalue weighted by Crippen LogP contribution is -2.31. The minimum absolute atomic E-state index is 0.0105. The normalized spacial score (nSPS) is 11.9. The topological polar surface area (TPSA) is 66.4 Å². The van der Waals surface area contributed by atoms with Gasteiger partial charge in [-0.05, 0) is 46.5 Å². The summed E-state index contributed by atoms with van der Waals surface area (Å²) in [4.78, 5) is 23.1. The number of carbonyl (C=O) groups excluding carboxylic acids is 1. The molecule has 1 aromatic carbocycles. The van der Waals surface area contributed by atoms with E-state index < -0.39 is 17.7 Å². The molecule has 0 aliphatic carbocycles. The number of benzene rings is 1. The van der Waals surface area contributed by atoms with E-state index in [0.717, 1.165) is 5.56 Å². The maximum absolute atomic E-state index is 12.9. The van der Waals surface area contributed by atoms with Crippen LogP contribution in [-0.4, -0.2) is 23.5 Å². The quantitative estimate of drug-likeness (QED) is 0.824. The molecule has 1 aromatic heterocycles. The van der Waals surface area contributed by atoms with Gasteiger partial charge in [0, 0.05) is 13.0 Å². The van der Waals surface area contributed by atoms with Gasteiger partial charge in [-0.2, -0.15) is 11.3 Å². The fraction of sp³-hybridized carbons (Fsp3) is 0.250. The zero-order chi connectivity index (χ0) is 15.9. The number of nitrogens with one attached hydrogen (secondary N) is 1. The fourth-order valence-electron chi connectivity index (χ4n) is 2.04. The lowest BCUT2D eigenvalue weighted by Gasteiger charge is -2.14. The zero-order valence-electron chi connectivity index (χ0n) is 11.8. The smallest absolute Gasteiger partial charge is 0.312 e. The Hall–Kier alpha value is -2.21. The maximum atomic E-state index is 12.9. The first kappa shape index (κ1) is 16.2. The third-order valence-corrected chi connectivity index (χ3v) is 4.03. The Kier molecular flexibility index (Phi) is 5.66. The molecule has 6 heteroatoms. The van der Waals surface area contributed by atoms with E-state index in [9.17, 15) is 19.1 Å². The molecule has 0 bridgehead atoms. The highest BCUT2D eigenvalue weighted by Crippen LogP contribution is 2.16. The van der Waals surface area contributed by atoms with Gasteiger partial charge < -0.3 is 10.4 Å². The standard InChI is InChI=1S/C16H16FNO3S/c17-13-4-2-12(3-5-13)14(16(20)21)9-18-15(19)6-1-11-7-8-22-10-11/h2-5,7-8,10,14H,1,6,9H2,(H,18,19)(H,20,21). The van der Waals surface area contributed by atoms with E-state index in [4.69, 9.17) is 0 Å². The van der Waals surface area contributed by atoms with Crippen LogP contribution in [0.1, 0.15) is 23.5 Å². The first-order valence-corrected chi connectivity index (χ1v) is 7.76. The summed E-state index contributed by atoms with van der Waals surface area (Å²) in [6.45, 7) is -0.0105. The number of halogens is 1. The summed E-state index contributed by atoms with van der Waals surface area (Å²) in [5, 5.41) is 15.8. The molecule has 0 saturated carbocycles. The summed E-state index contributed by atoms with van der Waals surface area (Å²) < 4.78 is 12.9. The van der Waals surface area contributed by atoms with E-state index in [2.05, 4.69) is 5.32 Å². The van der Waals surface area contributed by atoms with Gasteiger partial charge in [0.15, 0.2) is 0 Å². The van der Waals surface area contributed by atoms with Crippen LogP contribution < -0.4 is 5.32 Å². The molecule has 0 saturated heterocycles. The lowest BCUT2D eigenvalue weighted by molar-refractivity contribution is -0.138. The molecule has 1 heterocycles. The van der Waals surface area contributed by atoms with E-state index in [1.165, 1.54) is 24.3 Å². The fourth-order valence-corrected chi connectivity index (χ4v) is 2.74. The summed E-state index contributed by atoms with van der Waals surface area (Å²) in [6, 6.07) is 7.22. The predicted octanol–water partition coefficient (Wildman–Crippen LogP) is 2.80. The van der Waals surface area contributed by atoms with Crippen molar-refractivity contribution in [3.8, 4) is 0 Å². The SMILES string of the molecule is O=C(CCc1ccsc1)NCC(C(=O)O)c1ccc(F)cc1. The largest absolute Gasteiger partial charge is 0.481 e. The van der Waals surface area contributed by atoms with E-state index in [0.29, 0.717) is 18.4 Å². The monoisotopic (exact) mass is 321 g/mol. The van der Waals surface area contributed by atoms with Crippen molar-refractivity contribution < 1.29 is 19.1 Å². The van der Waals surface area contributed by atoms with Crippen LogP contribution in [0.4, 0.5) is 4.39 Å². The second kappa shape index (κ2) is 7.70. The third-order valence-electron chi connectivity index (χ3n) is 3.29. The number of hydrogen-bond donors (Lipinski definition) is 2. The molecule has 4 nitrogen and oxygen atoms in total. The molecule has 2 rings (SSSR count). The number of carbonyl (C=O) groups is 2. The molecule has 1 unspecified atom stereocenters. The van der Waals surface area contributed by atoms with Gasteiger partial charge >= 0.3 is 5.97 Å². The van der Waals surface area contributed by atoms with Crippen LogP contribution in [-0.2, 0) is 16.0 Å². The molecular formula is C16H16FNO3S. The van der Waals surface area contributed by atoms with Crippen molar-refractivity contribution in [1.29, 1.82) is 0 Å². The Morgan fingerprint density at radius 1 is 1.23 bits per heavy atom. The molecule has 1 amide bonds. The number of carboxylic acids is 1. The Labute approximate surface area is 131 Å².